The Kier molecular flexibility index (Phi) is 3.65. The molecule has 0 aliphatic heterocycles. The second kappa shape index (κ2) is 5.56. The Morgan fingerprint density at radius 1 is 1.50 bits per heavy atom. The topological polar surface area (TPSA) is 146 Å². The third-order valence-electron chi connectivity index (χ3n) is 2.16. The summed E-state index contributed by atoms with van der Waals surface area (Å²) in [5, 5.41) is 28.7. The Hall–Kier alpha value is -3.30. The van der Waals surface area contributed by atoms with Gasteiger partial charge in [-0.1, -0.05) is 17.2 Å². The summed E-state index contributed by atoms with van der Waals surface area (Å²) < 4.78 is 0. The number of carbonyl (C=O) groups excluding carboxylic acids is 1. The van der Waals surface area contributed by atoms with Gasteiger partial charge in [-0.2, -0.15) is 5.10 Å². The fraction of sp³-hybridized carbons (Fsp3) is 0. The van der Waals surface area contributed by atoms with E-state index >= 15 is 0 Å². The molecule has 0 fully saturated rings. The average molecular weight is 276 g/mol. The van der Waals surface area contributed by atoms with Crippen LogP contribution in [0.4, 0.5) is 5.95 Å². The van der Waals surface area contributed by atoms with Crippen molar-refractivity contribution in [3.05, 3.63) is 45.8 Å². The number of H-pyrrole nitrogens is 1. The Bertz CT molecular complexity index is 680. The van der Waals surface area contributed by atoms with E-state index in [4.69, 9.17) is 0 Å². The van der Waals surface area contributed by atoms with E-state index < -0.39 is 22.6 Å². The van der Waals surface area contributed by atoms with Crippen molar-refractivity contribution in [2.75, 3.05) is 0 Å². The highest BCUT2D eigenvalue weighted by atomic mass is 16.6. The molecule has 0 radical (unpaired) electrons. The minimum absolute atomic E-state index is 0.000897. The number of aromatic nitrogens is 3. The average Bonchev–Trinajstić information content (AvgIpc) is 2.91. The van der Waals surface area contributed by atoms with Crippen molar-refractivity contribution >= 4 is 18.1 Å². The van der Waals surface area contributed by atoms with E-state index in [1.165, 1.54) is 12.3 Å². The lowest BCUT2D eigenvalue weighted by Crippen LogP contribution is -2.19. The lowest BCUT2D eigenvalue weighted by Gasteiger charge is -1.96. The van der Waals surface area contributed by atoms with Crippen molar-refractivity contribution in [2.24, 2.45) is 5.10 Å². The number of aromatic amines is 1. The number of hydrogen-bond acceptors (Lipinski definition) is 7. The van der Waals surface area contributed by atoms with Crippen LogP contribution in [0.15, 0.2) is 29.4 Å². The molecule has 1 heterocycles. The molecule has 10 nitrogen and oxygen atoms in total. The second-order valence-corrected chi connectivity index (χ2v) is 3.50. The van der Waals surface area contributed by atoms with Gasteiger partial charge in [0.2, 0.25) is 0 Å². The van der Waals surface area contributed by atoms with Crippen LogP contribution >= 0.6 is 0 Å². The molecule has 0 atom stereocenters. The van der Waals surface area contributed by atoms with E-state index in [-0.39, 0.29) is 5.75 Å². The molecule has 0 spiro atoms. The van der Waals surface area contributed by atoms with Gasteiger partial charge in [-0.3, -0.25) is 4.79 Å². The summed E-state index contributed by atoms with van der Waals surface area (Å²) in [6, 6.07) is 6.37. The maximum Gasteiger partial charge on any atom is 0.454 e. The third kappa shape index (κ3) is 2.93. The van der Waals surface area contributed by atoms with Gasteiger partial charge in [0.05, 0.1) is 6.21 Å². The van der Waals surface area contributed by atoms with Crippen molar-refractivity contribution in [1.82, 2.24) is 20.6 Å². The minimum Gasteiger partial charge on any atom is -0.507 e. The normalized spacial score (nSPS) is 10.6. The van der Waals surface area contributed by atoms with E-state index in [0.717, 1.165) is 0 Å². The summed E-state index contributed by atoms with van der Waals surface area (Å²) in [5.74, 6) is -1.87. The molecule has 0 bridgehead atoms. The number of hydrogen-bond donors (Lipinski definition) is 3. The zero-order chi connectivity index (χ0) is 14.5. The molecule has 0 aliphatic rings. The zero-order valence-electron chi connectivity index (χ0n) is 9.85. The Morgan fingerprint density at radius 2 is 2.25 bits per heavy atom. The molecule has 0 aliphatic carbocycles. The van der Waals surface area contributed by atoms with Crippen LogP contribution in [0.5, 0.6) is 5.75 Å². The number of nitrogens with one attached hydrogen (secondary N) is 2. The van der Waals surface area contributed by atoms with Gasteiger partial charge >= 0.3 is 17.7 Å². The van der Waals surface area contributed by atoms with Gasteiger partial charge in [-0.25, -0.2) is 5.43 Å². The molecule has 0 saturated carbocycles. The van der Waals surface area contributed by atoms with Crippen LogP contribution in [0.3, 0.4) is 0 Å². The van der Waals surface area contributed by atoms with Crippen LogP contribution in [-0.2, 0) is 0 Å². The van der Waals surface area contributed by atoms with E-state index in [9.17, 15) is 20.0 Å². The van der Waals surface area contributed by atoms with Crippen LogP contribution in [-0.4, -0.2) is 37.3 Å². The van der Waals surface area contributed by atoms with E-state index in [0.29, 0.717) is 5.56 Å². The van der Waals surface area contributed by atoms with Crippen molar-refractivity contribution in [3.8, 4) is 5.75 Å². The molecule has 1 aromatic carbocycles. The van der Waals surface area contributed by atoms with Crippen LogP contribution in [0, 0.1) is 10.1 Å². The first-order chi connectivity index (χ1) is 9.58. The molecule has 3 N–H and O–H groups in total. The van der Waals surface area contributed by atoms with E-state index in [2.05, 4.69) is 20.6 Å². The predicted molar refractivity (Wildman–Crippen MR) is 66.2 cm³/mol. The summed E-state index contributed by atoms with van der Waals surface area (Å²) in [7, 11) is 0. The minimum atomic E-state index is -0.818. The van der Waals surface area contributed by atoms with Crippen LogP contribution in [0.25, 0.3) is 0 Å². The molecule has 0 unspecified atom stereocenters. The van der Waals surface area contributed by atoms with Gasteiger partial charge < -0.3 is 15.2 Å². The number of para-hydroxylation sites is 1. The molecular weight excluding hydrogens is 268 g/mol. The number of phenols is 1. The molecule has 0 saturated heterocycles. The van der Waals surface area contributed by atoms with Gasteiger partial charge in [-0.15, -0.1) is 5.10 Å². The van der Waals surface area contributed by atoms with E-state index in [1.807, 2.05) is 5.10 Å². The molecule has 20 heavy (non-hydrogen) atoms. The largest absolute Gasteiger partial charge is 0.507 e. The maximum atomic E-state index is 11.5. The lowest BCUT2D eigenvalue weighted by molar-refractivity contribution is -0.394. The van der Waals surface area contributed by atoms with Crippen LogP contribution < -0.4 is 5.43 Å². The first kappa shape index (κ1) is 13.1. The first-order valence-electron chi connectivity index (χ1n) is 5.26. The molecule has 2 aromatic rings. The van der Waals surface area contributed by atoms with Gasteiger partial charge in [0.1, 0.15) is 5.75 Å². The zero-order valence-corrected chi connectivity index (χ0v) is 9.85. The number of benzene rings is 1. The fourth-order valence-electron chi connectivity index (χ4n) is 1.24. The molecule has 10 heteroatoms. The number of amides is 1. The van der Waals surface area contributed by atoms with Crippen molar-refractivity contribution in [2.45, 2.75) is 0 Å². The van der Waals surface area contributed by atoms with Gasteiger partial charge in [0.15, 0.2) is 0 Å². The number of rotatable bonds is 4. The number of carbonyl (C=O) groups is 1. The van der Waals surface area contributed by atoms with Crippen LogP contribution in [0.1, 0.15) is 16.2 Å². The lowest BCUT2D eigenvalue weighted by atomic mass is 10.2. The van der Waals surface area contributed by atoms with Gasteiger partial charge in [0.25, 0.3) is 0 Å². The van der Waals surface area contributed by atoms with Crippen LogP contribution in [0.2, 0.25) is 0 Å². The number of phenolic OH excluding ortho intramolecular Hbond substituents is 1. The number of nitrogens with zero attached hydrogens (tertiary/aromatic N) is 4. The molecule has 2 rings (SSSR count). The van der Waals surface area contributed by atoms with Crippen molar-refractivity contribution < 1.29 is 14.8 Å². The predicted octanol–water partition coefficient (Wildman–Crippen LogP) is 0.182. The quantitative estimate of drug-likeness (QED) is 0.412. The summed E-state index contributed by atoms with van der Waals surface area (Å²) >= 11 is 0. The summed E-state index contributed by atoms with van der Waals surface area (Å²) in [5.41, 5.74) is 2.48. The van der Waals surface area contributed by atoms with Gasteiger partial charge in [-0.05, 0) is 22.0 Å². The SMILES string of the molecule is O=C(N/N=C/c1ccccc1O)c1n[nH]c([N+](=O)[O-])n1. The Labute approximate surface area is 111 Å². The highest BCUT2D eigenvalue weighted by molar-refractivity contribution is 5.91. The molecular formula is C10H8N6O4. The monoisotopic (exact) mass is 276 g/mol. The summed E-state index contributed by atoms with van der Waals surface area (Å²) in [4.78, 5) is 24.4. The molecule has 1 aromatic heterocycles. The number of hydrazone groups is 1. The molecule has 102 valence electrons. The number of aromatic hydroxyl groups is 1. The summed E-state index contributed by atoms with van der Waals surface area (Å²) in [6.45, 7) is 0. The Morgan fingerprint density at radius 3 is 2.90 bits per heavy atom. The highest BCUT2D eigenvalue weighted by Crippen LogP contribution is 2.12. The Balaban J connectivity index is 2.01. The molecule has 1 amide bonds. The standard InChI is InChI=1S/C10H8N6O4/c17-7-4-2-1-3-6(7)5-11-14-9(18)8-12-10(15-13-8)16(19)20/h1-5,17H,(H,14,18)(H,12,13,15)/b11-5+. The fourth-order valence-corrected chi connectivity index (χ4v) is 1.24. The number of nitro groups is 1. The first-order valence-corrected chi connectivity index (χ1v) is 5.26. The maximum absolute atomic E-state index is 11.5. The van der Waals surface area contributed by atoms with Crippen molar-refractivity contribution in [1.29, 1.82) is 0 Å². The summed E-state index contributed by atoms with van der Waals surface area (Å²) in [6.07, 6.45) is 1.22. The van der Waals surface area contributed by atoms with Gasteiger partial charge in [0, 0.05) is 5.56 Å². The second-order valence-electron chi connectivity index (χ2n) is 3.50. The highest BCUT2D eigenvalue weighted by Gasteiger charge is 2.20. The van der Waals surface area contributed by atoms with Crippen molar-refractivity contribution in [3.63, 3.8) is 0 Å². The third-order valence-corrected chi connectivity index (χ3v) is 2.16. The smallest absolute Gasteiger partial charge is 0.454 e. The van der Waals surface area contributed by atoms with E-state index in [1.54, 1.807) is 18.2 Å².